The molecule has 106 valence electrons. The topological polar surface area (TPSA) is 60.7 Å². The van der Waals surface area contributed by atoms with Gasteiger partial charge in [-0.3, -0.25) is 0 Å². The average Bonchev–Trinajstić information content (AvgIpc) is 2.80. The van der Waals surface area contributed by atoms with Crippen LogP contribution in [0, 0.1) is 0 Å². The SMILES string of the molecule is COc1cc(OC)c(-n2cc(Br)cc2C(=O)O)cc1Cl. The van der Waals surface area contributed by atoms with Crippen molar-refractivity contribution in [2.45, 2.75) is 0 Å². The Kier molecular flexibility index (Phi) is 4.25. The molecule has 0 bridgehead atoms. The molecule has 1 aromatic heterocycles. The van der Waals surface area contributed by atoms with E-state index in [1.165, 1.54) is 24.9 Å². The van der Waals surface area contributed by atoms with Crippen molar-refractivity contribution in [2.75, 3.05) is 14.2 Å². The molecule has 0 aliphatic rings. The van der Waals surface area contributed by atoms with E-state index in [0.29, 0.717) is 26.7 Å². The number of hydrogen-bond donors (Lipinski definition) is 1. The second-order valence-electron chi connectivity index (χ2n) is 3.88. The van der Waals surface area contributed by atoms with Crippen LogP contribution in [0.5, 0.6) is 11.5 Å². The first kappa shape index (κ1) is 14.7. The van der Waals surface area contributed by atoms with Gasteiger partial charge in [0.25, 0.3) is 0 Å². The molecule has 0 saturated heterocycles. The standard InChI is InChI=1S/C13H11BrClNO4/c1-19-11-5-12(20-2)9(4-8(11)15)16-6-7(14)3-10(16)13(17)18/h3-6H,1-2H3,(H,17,18). The molecule has 0 spiro atoms. The number of aromatic nitrogens is 1. The van der Waals surface area contributed by atoms with E-state index < -0.39 is 5.97 Å². The zero-order chi connectivity index (χ0) is 14.9. The number of halogens is 2. The van der Waals surface area contributed by atoms with Crippen LogP contribution in [-0.4, -0.2) is 29.9 Å². The Morgan fingerprint density at radius 3 is 2.45 bits per heavy atom. The summed E-state index contributed by atoms with van der Waals surface area (Å²) in [6.45, 7) is 0. The second kappa shape index (κ2) is 5.76. The predicted octanol–water partition coefficient (Wildman–Crippen LogP) is 3.61. The molecule has 1 N–H and O–H groups in total. The Morgan fingerprint density at radius 1 is 1.25 bits per heavy atom. The first-order valence-corrected chi connectivity index (χ1v) is 6.68. The Labute approximate surface area is 128 Å². The quantitative estimate of drug-likeness (QED) is 0.905. The third-order valence-corrected chi connectivity index (χ3v) is 3.45. The smallest absolute Gasteiger partial charge is 0.352 e. The molecule has 2 aromatic rings. The van der Waals surface area contributed by atoms with Gasteiger partial charge in [-0.2, -0.15) is 0 Å². The highest BCUT2D eigenvalue weighted by atomic mass is 79.9. The van der Waals surface area contributed by atoms with Gasteiger partial charge in [-0.15, -0.1) is 0 Å². The summed E-state index contributed by atoms with van der Waals surface area (Å²) in [7, 11) is 2.99. The maximum absolute atomic E-state index is 11.3. The van der Waals surface area contributed by atoms with Crippen LogP contribution in [0.25, 0.3) is 5.69 Å². The van der Waals surface area contributed by atoms with E-state index in [1.54, 1.807) is 18.3 Å². The number of hydrogen-bond acceptors (Lipinski definition) is 3. The zero-order valence-electron chi connectivity index (χ0n) is 10.7. The summed E-state index contributed by atoms with van der Waals surface area (Å²) < 4.78 is 12.5. The lowest BCUT2D eigenvalue weighted by Crippen LogP contribution is -2.07. The van der Waals surface area contributed by atoms with Gasteiger partial charge >= 0.3 is 5.97 Å². The van der Waals surface area contributed by atoms with Gasteiger partial charge in [-0.05, 0) is 28.1 Å². The van der Waals surface area contributed by atoms with Crippen molar-refractivity contribution in [1.29, 1.82) is 0 Å². The Morgan fingerprint density at radius 2 is 1.90 bits per heavy atom. The number of nitrogens with zero attached hydrogens (tertiary/aromatic N) is 1. The molecule has 0 aliphatic heterocycles. The summed E-state index contributed by atoms with van der Waals surface area (Å²) >= 11 is 9.35. The van der Waals surface area contributed by atoms with E-state index in [2.05, 4.69) is 15.9 Å². The van der Waals surface area contributed by atoms with Gasteiger partial charge in [0.2, 0.25) is 0 Å². The van der Waals surface area contributed by atoms with Crippen molar-refractivity contribution in [3.05, 3.63) is 39.6 Å². The summed E-state index contributed by atoms with van der Waals surface area (Å²) in [5.74, 6) is -0.142. The highest BCUT2D eigenvalue weighted by molar-refractivity contribution is 9.10. The van der Waals surface area contributed by atoms with Crippen LogP contribution in [0.2, 0.25) is 5.02 Å². The summed E-state index contributed by atoms with van der Waals surface area (Å²) in [6.07, 6.45) is 1.63. The van der Waals surface area contributed by atoms with Crippen LogP contribution in [0.1, 0.15) is 10.5 Å². The minimum absolute atomic E-state index is 0.0939. The molecule has 1 heterocycles. The molecule has 0 fully saturated rings. The van der Waals surface area contributed by atoms with Crippen LogP contribution >= 0.6 is 27.5 Å². The fourth-order valence-corrected chi connectivity index (χ4v) is 2.48. The van der Waals surface area contributed by atoms with Gasteiger partial charge in [-0.25, -0.2) is 4.79 Å². The molecular formula is C13H11BrClNO4. The summed E-state index contributed by atoms with van der Waals surface area (Å²) in [6, 6.07) is 4.70. The molecule has 0 amide bonds. The first-order valence-electron chi connectivity index (χ1n) is 5.51. The number of rotatable bonds is 4. The van der Waals surface area contributed by atoms with Crippen molar-refractivity contribution in [3.63, 3.8) is 0 Å². The normalized spacial score (nSPS) is 10.4. The lowest BCUT2D eigenvalue weighted by Gasteiger charge is -2.14. The number of carbonyl (C=O) groups is 1. The van der Waals surface area contributed by atoms with Crippen LogP contribution in [0.3, 0.4) is 0 Å². The van der Waals surface area contributed by atoms with Gasteiger partial charge in [0, 0.05) is 16.7 Å². The van der Waals surface area contributed by atoms with Crippen molar-refractivity contribution in [3.8, 4) is 17.2 Å². The lowest BCUT2D eigenvalue weighted by molar-refractivity contribution is 0.0688. The van der Waals surface area contributed by atoms with E-state index in [1.807, 2.05) is 0 Å². The summed E-state index contributed by atoms with van der Waals surface area (Å²) in [4.78, 5) is 11.3. The van der Waals surface area contributed by atoms with Crippen molar-refractivity contribution < 1.29 is 19.4 Å². The monoisotopic (exact) mass is 359 g/mol. The van der Waals surface area contributed by atoms with Gasteiger partial charge in [0.1, 0.15) is 17.2 Å². The fourth-order valence-electron chi connectivity index (χ4n) is 1.83. The summed E-state index contributed by atoms with van der Waals surface area (Å²) in [5, 5.41) is 9.60. The molecule has 0 radical (unpaired) electrons. The van der Waals surface area contributed by atoms with Crippen molar-refractivity contribution >= 4 is 33.5 Å². The summed E-state index contributed by atoms with van der Waals surface area (Å²) in [5.41, 5.74) is 0.609. The van der Waals surface area contributed by atoms with Gasteiger partial charge in [0.05, 0.1) is 24.9 Å². The maximum Gasteiger partial charge on any atom is 0.352 e. The lowest BCUT2D eigenvalue weighted by atomic mass is 10.2. The van der Waals surface area contributed by atoms with Crippen LogP contribution in [0.4, 0.5) is 0 Å². The molecule has 20 heavy (non-hydrogen) atoms. The first-order chi connectivity index (χ1) is 9.47. The number of ether oxygens (including phenoxy) is 2. The van der Waals surface area contributed by atoms with E-state index >= 15 is 0 Å². The van der Waals surface area contributed by atoms with E-state index in [0.717, 1.165) is 0 Å². The van der Waals surface area contributed by atoms with Crippen molar-refractivity contribution in [2.24, 2.45) is 0 Å². The molecule has 0 aliphatic carbocycles. The molecule has 0 atom stereocenters. The number of benzene rings is 1. The number of carboxylic acid groups (broad SMARTS) is 1. The number of carboxylic acids is 1. The maximum atomic E-state index is 11.3. The Balaban J connectivity index is 2.69. The van der Waals surface area contributed by atoms with Crippen LogP contribution < -0.4 is 9.47 Å². The van der Waals surface area contributed by atoms with Gasteiger partial charge in [-0.1, -0.05) is 11.6 Å². The predicted molar refractivity (Wildman–Crippen MR) is 78.5 cm³/mol. The minimum Gasteiger partial charge on any atom is -0.495 e. The largest absolute Gasteiger partial charge is 0.495 e. The molecular weight excluding hydrogens is 350 g/mol. The molecule has 0 unspecified atom stereocenters. The molecule has 7 heteroatoms. The molecule has 0 saturated carbocycles. The third-order valence-electron chi connectivity index (χ3n) is 2.72. The highest BCUT2D eigenvalue weighted by Gasteiger charge is 2.18. The molecule has 5 nitrogen and oxygen atoms in total. The highest BCUT2D eigenvalue weighted by Crippen LogP contribution is 2.36. The minimum atomic E-state index is -1.05. The zero-order valence-corrected chi connectivity index (χ0v) is 13.0. The fraction of sp³-hybridized carbons (Fsp3) is 0.154. The van der Waals surface area contributed by atoms with Crippen molar-refractivity contribution in [1.82, 2.24) is 4.57 Å². The molecule has 2 rings (SSSR count). The van der Waals surface area contributed by atoms with Gasteiger partial charge in [0.15, 0.2) is 0 Å². The van der Waals surface area contributed by atoms with E-state index in [-0.39, 0.29) is 5.69 Å². The van der Waals surface area contributed by atoms with Gasteiger partial charge < -0.3 is 19.1 Å². The number of methoxy groups -OCH3 is 2. The Hall–Kier alpha value is -1.66. The average molecular weight is 361 g/mol. The molecule has 1 aromatic carbocycles. The Bertz CT molecular complexity index is 669. The van der Waals surface area contributed by atoms with Crippen LogP contribution in [-0.2, 0) is 0 Å². The van der Waals surface area contributed by atoms with E-state index in [9.17, 15) is 9.90 Å². The number of aromatic carboxylic acids is 1. The van der Waals surface area contributed by atoms with Crippen LogP contribution in [0.15, 0.2) is 28.9 Å². The van der Waals surface area contributed by atoms with E-state index in [4.69, 9.17) is 21.1 Å². The second-order valence-corrected chi connectivity index (χ2v) is 5.20. The third kappa shape index (κ3) is 2.62.